The SMILES string of the molecule is CC(C)NC(=O)NC(=O)COc1ncnc2scc(-c3ccc(F)cc3)c12. The van der Waals surface area contributed by atoms with Gasteiger partial charge >= 0.3 is 6.03 Å². The number of nitrogens with zero attached hydrogens (tertiary/aromatic N) is 2. The van der Waals surface area contributed by atoms with E-state index in [1.807, 2.05) is 5.38 Å². The van der Waals surface area contributed by atoms with Gasteiger partial charge in [0.05, 0.1) is 5.39 Å². The molecule has 0 saturated carbocycles. The maximum absolute atomic E-state index is 13.2. The second-order valence-corrected chi connectivity index (χ2v) is 6.84. The molecule has 3 rings (SSSR count). The van der Waals surface area contributed by atoms with Crippen LogP contribution in [0.1, 0.15) is 13.8 Å². The van der Waals surface area contributed by atoms with Crippen molar-refractivity contribution < 1.29 is 18.7 Å². The molecule has 0 aliphatic carbocycles. The molecule has 0 aliphatic rings. The van der Waals surface area contributed by atoms with Gasteiger partial charge in [0, 0.05) is 17.0 Å². The monoisotopic (exact) mass is 388 g/mol. The molecule has 7 nitrogen and oxygen atoms in total. The van der Waals surface area contributed by atoms with Gasteiger partial charge < -0.3 is 10.1 Å². The maximum Gasteiger partial charge on any atom is 0.321 e. The van der Waals surface area contributed by atoms with Gasteiger partial charge in [-0.2, -0.15) is 0 Å². The van der Waals surface area contributed by atoms with Gasteiger partial charge in [-0.25, -0.2) is 19.2 Å². The minimum Gasteiger partial charge on any atom is -0.467 e. The predicted octanol–water partition coefficient (Wildman–Crippen LogP) is 3.11. The van der Waals surface area contributed by atoms with Gasteiger partial charge in [-0.1, -0.05) is 12.1 Å². The summed E-state index contributed by atoms with van der Waals surface area (Å²) in [6.45, 7) is 3.19. The summed E-state index contributed by atoms with van der Waals surface area (Å²) in [5.41, 5.74) is 1.56. The highest BCUT2D eigenvalue weighted by Crippen LogP contribution is 2.37. The third-order valence-electron chi connectivity index (χ3n) is 3.50. The Morgan fingerprint density at radius 1 is 1.22 bits per heavy atom. The van der Waals surface area contributed by atoms with Crippen molar-refractivity contribution in [2.24, 2.45) is 0 Å². The summed E-state index contributed by atoms with van der Waals surface area (Å²) in [6.07, 6.45) is 1.34. The van der Waals surface area contributed by atoms with Crippen molar-refractivity contribution in [3.63, 3.8) is 0 Å². The Bertz CT molecular complexity index is 972. The second kappa shape index (κ2) is 8.09. The number of aromatic nitrogens is 2. The number of thiophene rings is 1. The molecule has 3 aromatic rings. The fourth-order valence-corrected chi connectivity index (χ4v) is 3.30. The Hall–Kier alpha value is -3.07. The molecular formula is C18H17FN4O3S. The minimum absolute atomic E-state index is 0.0933. The lowest BCUT2D eigenvalue weighted by molar-refractivity contribution is -0.122. The van der Waals surface area contributed by atoms with Gasteiger partial charge in [-0.05, 0) is 31.5 Å². The van der Waals surface area contributed by atoms with Crippen molar-refractivity contribution in [3.05, 3.63) is 41.8 Å². The number of urea groups is 1. The number of hydrogen-bond donors (Lipinski definition) is 2. The highest BCUT2D eigenvalue weighted by molar-refractivity contribution is 7.17. The molecular weight excluding hydrogens is 371 g/mol. The normalized spacial score (nSPS) is 10.8. The smallest absolute Gasteiger partial charge is 0.321 e. The zero-order valence-electron chi connectivity index (χ0n) is 14.7. The number of carbonyl (C=O) groups excluding carboxylic acids is 2. The van der Waals surface area contributed by atoms with Crippen LogP contribution in [0.2, 0.25) is 0 Å². The molecule has 0 atom stereocenters. The lowest BCUT2D eigenvalue weighted by atomic mass is 10.1. The van der Waals surface area contributed by atoms with Gasteiger partial charge in [0.15, 0.2) is 6.61 Å². The van der Waals surface area contributed by atoms with Crippen LogP contribution in [0.25, 0.3) is 21.3 Å². The van der Waals surface area contributed by atoms with E-state index in [4.69, 9.17) is 4.74 Å². The molecule has 27 heavy (non-hydrogen) atoms. The number of carbonyl (C=O) groups is 2. The number of ether oxygens (including phenoxy) is 1. The number of imide groups is 1. The Morgan fingerprint density at radius 2 is 1.96 bits per heavy atom. The number of rotatable bonds is 5. The number of halogens is 1. The lowest BCUT2D eigenvalue weighted by Gasteiger charge is -2.10. The second-order valence-electron chi connectivity index (χ2n) is 5.98. The summed E-state index contributed by atoms with van der Waals surface area (Å²) in [6, 6.07) is 5.35. The summed E-state index contributed by atoms with van der Waals surface area (Å²) in [7, 11) is 0. The van der Waals surface area contributed by atoms with Gasteiger partial charge in [-0.15, -0.1) is 11.3 Å². The largest absolute Gasteiger partial charge is 0.467 e. The Balaban J connectivity index is 1.79. The van der Waals surface area contributed by atoms with E-state index in [0.717, 1.165) is 11.1 Å². The van der Waals surface area contributed by atoms with Crippen LogP contribution in [0.3, 0.4) is 0 Å². The lowest BCUT2D eigenvalue weighted by Crippen LogP contribution is -2.44. The van der Waals surface area contributed by atoms with Crippen molar-refractivity contribution in [1.82, 2.24) is 20.6 Å². The van der Waals surface area contributed by atoms with Crippen LogP contribution in [0.5, 0.6) is 5.88 Å². The van der Waals surface area contributed by atoms with E-state index < -0.39 is 11.9 Å². The van der Waals surface area contributed by atoms with Gasteiger partial charge in [-0.3, -0.25) is 10.1 Å². The third kappa shape index (κ3) is 4.56. The topological polar surface area (TPSA) is 93.2 Å². The van der Waals surface area contributed by atoms with Crippen LogP contribution >= 0.6 is 11.3 Å². The van der Waals surface area contributed by atoms with Gasteiger partial charge in [0.1, 0.15) is 17.0 Å². The molecule has 140 valence electrons. The minimum atomic E-state index is -0.599. The zero-order chi connectivity index (χ0) is 19.4. The molecule has 1 aromatic carbocycles. The number of amides is 3. The van der Waals surface area contributed by atoms with Crippen LogP contribution < -0.4 is 15.4 Å². The van der Waals surface area contributed by atoms with E-state index >= 15 is 0 Å². The average Bonchev–Trinajstić information content (AvgIpc) is 3.04. The predicted molar refractivity (Wildman–Crippen MR) is 100 cm³/mol. The van der Waals surface area contributed by atoms with Gasteiger partial charge in [0.25, 0.3) is 5.91 Å². The maximum atomic E-state index is 13.2. The molecule has 2 heterocycles. The summed E-state index contributed by atoms with van der Waals surface area (Å²) >= 11 is 1.39. The fraction of sp³-hybridized carbons (Fsp3) is 0.222. The standard InChI is InChI=1S/C18H17FN4O3S/c1-10(2)22-18(25)23-14(24)7-26-16-15-13(8-27-17(15)21-9-20-16)11-3-5-12(19)6-4-11/h3-6,8-10H,7H2,1-2H3,(H2,22,23,24,25). The van der Waals surface area contributed by atoms with Crippen molar-refractivity contribution in [2.75, 3.05) is 6.61 Å². The summed E-state index contributed by atoms with van der Waals surface area (Å²) in [5.74, 6) is -0.708. The van der Waals surface area contributed by atoms with Crippen LogP contribution in [0, 0.1) is 5.82 Å². The van der Waals surface area contributed by atoms with E-state index in [9.17, 15) is 14.0 Å². The molecule has 0 fully saturated rings. The zero-order valence-corrected chi connectivity index (χ0v) is 15.5. The summed E-state index contributed by atoms with van der Waals surface area (Å²) in [5, 5.41) is 7.23. The average molecular weight is 388 g/mol. The van der Waals surface area contributed by atoms with Crippen molar-refractivity contribution in [3.8, 4) is 17.0 Å². The van der Waals surface area contributed by atoms with Crippen molar-refractivity contribution in [1.29, 1.82) is 0 Å². The fourth-order valence-electron chi connectivity index (χ4n) is 2.39. The van der Waals surface area contributed by atoms with Crippen LogP contribution in [-0.4, -0.2) is 34.6 Å². The summed E-state index contributed by atoms with van der Waals surface area (Å²) < 4.78 is 18.7. The molecule has 2 aromatic heterocycles. The Kier molecular flexibility index (Phi) is 5.60. The first-order valence-electron chi connectivity index (χ1n) is 8.15. The Labute approximate surface area is 158 Å². The Morgan fingerprint density at radius 3 is 2.67 bits per heavy atom. The molecule has 9 heteroatoms. The summed E-state index contributed by atoms with van der Waals surface area (Å²) in [4.78, 5) is 32.4. The molecule has 0 unspecified atom stereocenters. The molecule has 0 spiro atoms. The molecule has 3 amide bonds. The number of fused-ring (bicyclic) bond motifs is 1. The molecule has 0 bridgehead atoms. The third-order valence-corrected chi connectivity index (χ3v) is 4.39. The van der Waals surface area contributed by atoms with E-state index in [1.54, 1.807) is 26.0 Å². The highest BCUT2D eigenvalue weighted by atomic mass is 32.1. The van der Waals surface area contributed by atoms with Crippen molar-refractivity contribution in [2.45, 2.75) is 19.9 Å². The number of hydrogen-bond acceptors (Lipinski definition) is 6. The quantitative estimate of drug-likeness (QED) is 0.701. The van der Waals surface area contributed by atoms with E-state index in [-0.39, 0.29) is 24.3 Å². The van der Waals surface area contributed by atoms with E-state index in [1.165, 1.54) is 29.8 Å². The molecule has 0 aliphatic heterocycles. The van der Waals surface area contributed by atoms with Gasteiger partial charge in [0.2, 0.25) is 5.88 Å². The van der Waals surface area contributed by atoms with E-state index in [2.05, 4.69) is 20.6 Å². The molecule has 0 saturated heterocycles. The van der Waals surface area contributed by atoms with E-state index in [0.29, 0.717) is 10.2 Å². The van der Waals surface area contributed by atoms with Crippen LogP contribution in [0.4, 0.5) is 9.18 Å². The van der Waals surface area contributed by atoms with Crippen LogP contribution in [0.15, 0.2) is 36.0 Å². The first-order valence-corrected chi connectivity index (χ1v) is 9.03. The molecule has 0 radical (unpaired) electrons. The highest BCUT2D eigenvalue weighted by Gasteiger charge is 2.16. The molecule has 2 N–H and O–H groups in total. The number of benzene rings is 1. The first-order chi connectivity index (χ1) is 12.9. The van der Waals surface area contributed by atoms with Crippen LogP contribution in [-0.2, 0) is 4.79 Å². The van der Waals surface area contributed by atoms with Crippen molar-refractivity contribution >= 4 is 33.5 Å². The number of nitrogens with one attached hydrogen (secondary N) is 2. The first kappa shape index (κ1) is 18.7.